The molecule has 0 spiro atoms. The second-order valence-corrected chi connectivity index (χ2v) is 7.14. The number of aliphatic imine (C=N–C) groups is 1. The van der Waals surface area contributed by atoms with Crippen LogP contribution in [0.2, 0.25) is 0 Å². The largest absolute Gasteiger partial charge is 0.378 e. The summed E-state index contributed by atoms with van der Waals surface area (Å²) >= 11 is 0. The lowest BCUT2D eigenvalue weighted by molar-refractivity contribution is 0.0979. The minimum atomic E-state index is 0. The van der Waals surface area contributed by atoms with Crippen LogP contribution in [0.3, 0.4) is 0 Å². The fourth-order valence-electron chi connectivity index (χ4n) is 3.36. The number of nitrogens with one attached hydrogen (secondary N) is 2. The van der Waals surface area contributed by atoms with E-state index in [4.69, 9.17) is 4.74 Å². The molecule has 2 N–H and O–H groups in total. The number of hydrogen-bond acceptors (Lipinski definition) is 3. The number of ether oxygens (including phenoxy) is 1. The summed E-state index contributed by atoms with van der Waals surface area (Å²) in [5.74, 6) is 0.906. The highest BCUT2D eigenvalue weighted by atomic mass is 127. The number of rotatable bonds is 6. The zero-order valence-corrected chi connectivity index (χ0v) is 17.4. The van der Waals surface area contributed by atoms with Gasteiger partial charge in [-0.1, -0.05) is 6.42 Å². The summed E-state index contributed by atoms with van der Waals surface area (Å²) in [5.41, 5.74) is 0.173. The highest BCUT2D eigenvalue weighted by Gasteiger charge is 2.27. The third-order valence-electron chi connectivity index (χ3n) is 4.91. The highest BCUT2D eigenvalue weighted by Crippen LogP contribution is 2.19. The number of likely N-dealkylation sites (tertiary alicyclic amines) is 1. The Kier molecular flexibility index (Phi) is 9.77. The predicted octanol–water partition coefficient (Wildman–Crippen LogP) is 2.60. The molecule has 2 fully saturated rings. The minimum absolute atomic E-state index is 0. The first-order valence-electron chi connectivity index (χ1n) is 8.93. The van der Waals surface area contributed by atoms with Crippen LogP contribution in [0.15, 0.2) is 4.99 Å². The number of nitrogens with zero attached hydrogens (tertiary/aromatic N) is 2. The molecule has 2 heterocycles. The molecule has 1 atom stereocenters. The van der Waals surface area contributed by atoms with Gasteiger partial charge in [0.05, 0.1) is 6.10 Å². The van der Waals surface area contributed by atoms with Crippen LogP contribution in [-0.4, -0.2) is 62.3 Å². The van der Waals surface area contributed by atoms with Gasteiger partial charge < -0.3 is 15.4 Å². The lowest BCUT2D eigenvalue weighted by Crippen LogP contribution is -2.55. The minimum Gasteiger partial charge on any atom is -0.378 e. The molecule has 0 aromatic heterocycles. The fourth-order valence-corrected chi connectivity index (χ4v) is 3.36. The molecule has 0 aromatic carbocycles. The Bertz CT molecular complexity index is 351. The van der Waals surface area contributed by atoms with Crippen molar-refractivity contribution in [1.29, 1.82) is 0 Å². The van der Waals surface area contributed by atoms with Gasteiger partial charge in [-0.05, 0) is 59.0 Å². The van der Waals surface area contributed by atoms with E-state index in [-0.39, 0.29) is 29.5 Å². The molecule has 0 aliphatic carbocycles. The van der Waals surface area contributed by atoms with Crippen LogP contribution < -0.4 is 10.6 Å². The van der Waals surface area contributed by atoms with E-state index in [1.54, 1.807) is 0 Å². The Hall–Kier alpha value is -0.0800. The third-order valence-corrected chi connectivity index (χ3v) is 4.91. The van der Waals surface area contributed by atoms with E-state index < -0.39 is 0 Å². The van der Waals surface area contributed by atoms with Crippen molar-refractivity contribution < 1.29 is 4.74 Å². The van der Waals surface area contributed by atoms with Gasteiger partial charge >= 0.3 is 0 Å². The molecule has 1 unspecified atom stereocenters. The predicted molar refractivity (Wildman–Crippen MR) is 108 cm³/mol. The first-order valence-corrected chi connectivity index (χ1v) is 8.93. The van der Waals surface area contributed by atoms with Crippen LogP contribution >= 0.6 is 24.0 Å². The molecule has 23 heavy (non-hydrogen) atoms. The topological polar surface area (TPSA) is 48.9 Å². The third kappa shape index (κ3) is 7.13. The molecule has 2 rings (SSSR count). The molecule has 2 aliphatic rings. The first-order chi connectivity index (χ1) is 10.6. The second-order valence-electron chi connectivity index (χ2n) is 7.14. The number of hydrogen-bond donors (Lipinski definition) is 2. The number of piperidine rings is 1. The Morgan fingerprint density at radius 3 is 2.52 bits per heavy atom. The van der Waals surface area contributed by atoms with Crippen molar-refractivity contribution in [2.45, 2.75) is 64.0 Å². The summed E-state index contributed by atoms with van der Waals surface area (Å²) in [6.07, 6.45) is 7.96. The average molecular weight is 438 g/mol. The Labute approximate surface area is 159 Å². The van der Waals surface area contributed by atoms with E-state index in [1.165, 1.54) is 45.2 Å². The van der Waals surface area contributed by atoms with Gasteiger partial charge in [-0.2, -0.15) is 0 Å². The fraction of sp³-hybridized carbons (Fsp3) is 0.941. The Balaban J connectivity index is 0.00000264. The maximum absolute atomic E-state index is 5.66. The molecule has 0 aromatic rings. The van der Waals surface area contributed by atoms with Gasteiger partial charge in [0.25, 0.3) is 0 Å². The molecule has 2 saturated heterocycles. The molecular weight excluding hydrogens is 403 g/mol. The van der Waals surface area contributed by atoms with Gasteiger partial charge in [0.15, 0.2) is 5.96 Å². The smallest absolute Gasteiger partial charge is 0.191 e. The van der Waals surface area contributed by atoms with Gasteiger partial charge in [0.2, 0.25) is 0 Å². The summed E-state index contributed by atoms with van der Waals surface area (Å²) < 4.78 is 5.66. The van der Waals surface area contributed by atoms with Gasteiger partial charge in [-0.15, -0.1) is 24.0 Å². The maximum atomic E-state index is 5.66. The van der Waals surface area contributed by atoms with Crippen LogP contribution in [0.25, 0.3) is 0 Å². The van der Waals surface area contributed by atoms with Crippen molar-refractivity contribution in [2.24, 2.45) is 4.99 Å². The maximum Gasteiger partial charge on any atom is 0.191 e. The summed E-state index contributed by atoms with van der Waals surface area (Å²) in [7, 11) is 1.84. The lowest BCUT2D eigenvalue weighted by Gasteiger charge is -2.41. The van der Waals surface area contributed by atoms with Crippen LogP contribution in [0.1, 0.15) is 52.4 Å². The van der Waals surface area contributed by atoms with Crippen LogP contribution in [-0.2, 0) is 4.74 Å². The quantitative estimate of drug-likeness (QED) is 0.380. The summed E-state index contributed by atoms with van der Waals surface area (Å²) in [4.78, 5) is 6.94. The molecule has 5 nitrogen and oxygen atoms in total. The second kappa shape index (κ2) is 10.7. The van der Waals surface area contributed by atoms with Gasteiger partial charge in [-0.25, -0.2) is 0 Å². The van der Waals surface area contributed by atoms with Crippen LogP contribution in [0, 0.1) is 0 Å². The van der Waals surface area contributed by atoms with Crippen molar-refractivity contribution >= 4 is 29.9 Å². The van der Waals surface area contributed by atoms with Crippen molar-refractivity contribution in [3.05, 3.63) is 0 Å². The Morgan fingerprint density at radius 2 is 1.91 bits per heavy atom. The monoisotopic (exact) mass is 438 g/mol. The van der Waals surface area contributed by atoms with E-state index in [2.05, 4.69) is 34.4 Å². The first kappa shape index (κ1) is 21.0. The van der Waals surface area contributed by atoms with Crippen LogP contribution in [0.5, 0.6) is 0 Å². The van der Waals surface area contributed by atoms with Crippen molar-refractivity contribution in [3.8, 4) is 0 Å². The summed E-state index contributed by atoms with van der Waals surface area (Å²) in [6, 6.07) is 0. The summed E-state index contributed by atoms with van der Waals surface area (Å²) in [5, 5.41) is 6.90. The van der Waals surface area contributed by atoms with E-state index in [1.807, 2.05) is 7.05 Å². The molecule has 136 valence electrons. The molecule has 0 saturated carbocycles. The lowest BCUT2D eigenvalue weighted by atomic mass is 9.98. The highest BCUT2D eigenvalue weighted by molar-refractivity contribution is 14.0. The van der Waals surface area contributed by atoms with Gasteiger partial charge in [-0.3, -0.25) is 9.89 Å². The zero-order chi connectivity index (χ0) is 15.8. The van der Waals surface area contributed by atoms with E-state index >= 15 is 0 Å². The standard InChI is InChI=1S/C17H34N4O.HI/c1-17(2,21-11-5-4-6-12-21)14-20-16(18-3)19-10-9-15-8-7-13-22-15;/h15H,4-14H2,1-3H3,(H2,18,19,20);1H. The number of guanidine groups is 1. The number of halogens is 1. The van der Waals surface area contributed by atoms with Gasteiger partial charge in [0, 0.05) is 32.3 Å². The Morgan fingerprint density at radius 1 is 1.17 bits per heavy atom. The zero-order valence-electron chi connectivity index (χ0n) is 15.1. The molecule has 0 radical (unpaired) electrons. The SMILES string of the molecule is CN=C(NCCC1CCCO1)NCC(C)(C)N1CCCCC1.I. The van der Waals surface area contributed by atoms with E-state index in [0.29, 0.717) is 6.10 Å². The van der Waals surface area contributed by atoms with Crippen molar-refractivity contribution in [2.75, 3.05) is 39.8 Å². The molecular formula is C17H35IN4O. The van der Waals surface area contributed by atoms with E-state index in [9.17, 15) is 0 Å². The van der Waals surface area contributed by atoms with Crippen molar-refractivity contribution in [1.82, 2.24) is 15.5 Å². The molecule has 0 bridgehead atoms. The van der Waals surface area contributed by atoms with Crippen LogP contribution in [0.4, 0.5) is 0 Å². The van der Waals surface area contributed by atoms with E-state index in [0.717, 1.165) is 32.1 Å². The van der Waals surface area contributed by atoms with Crippen molar-refractivity contribution in [3.63, 3.8) is 0 Å². The molecule has 2 aliphatic heterocycles. The average Bonchev–Trinajstić information content (AvgIpc) is 3.05. The summed E-state index contributed by atoms with van der Waals surface area (Å²) in [6.45, 7) is 9.87. The molecule has 0 amide bonds. The normalized spacial score (nSPS) is 23.4. The molecule has 6 heteroatoms. The van der Waals surface area contributed by atoms with Gasteiger partial charge in [0.1, 0.15) is 0 Å².